The zero-order valence-corrected chi connectivity index (χ0v) is 19.8. The molecule has 1 fully saturated rings. The first-order valence-electron chi connectivity index (χ1n) is 10.6. The Morgan fingerprint density at radius 3 is 2.26 bits per heavy atom. The number of rotatable bonds is 6. The van der Waals surface area contributed by atoms with Crippen molar-refractivity contribution in [2.24, 2.45) is 5.92 Å². The summed E-state index contributed by atoms with van der Waals surface area (Å²) in [6.07, 6.45) is -4.33. The summed E-state index contributed by atoms with van der Waals surface area (Å²) in [5.74, 6) is -1.48. The normalized spacial score (nSPS) is 15.7. The molecule has 0 aromatic heterocycles. The Hall–Kier alpha value is -2.92. The van der Waals surface area contributed by atoms with Crippen LogP contribution in [0.1, 0.15) is 35.7 Å². The monoisotopic (exact) mass is 497 g/mol. The van der Waals surface area contributed by atoms with Crippen molar-refractivity contribution in [2.45, 2.75) is 30.8 Å². The van der Waals surface area contributed by atoms with Gasteiger partial charge in [-0.2, -0.15) is 17.5 Å². The number of hydrogen-bond acceptors (Lipinski definition) is 5. The molecule has 0 saturated carbocycles. The number of carbonyl (C=O) groups excluding carboxylic acids is 2. The summed E-state index contributed by atoms with van der Waals surface area (Å²) in [6, 6.07) is 9.40. The van der Waals surface area contributed by atoms with E-state index in [4.69, 9.17) is 0 Å². The molecule has 2 aromatic rings. The number of anilines is 2. The number of amides is 1. The van der Waals surface area contributed by atoms with Crippen molar-refractivity contribution in [1.29, 1.82) is 0 Å². The fourth-order valence-corrected chi connectivity index (χ4v) is 5.29. The third kappa shape index (κ3) is 5.58. The van der Waals surface area contributed by atoms with Gasteiger partial charge in [-0.15, -0.1) is 0 Å². The topological polar surface area (TPSA) is 86.8 Å². The minimum absolute atomic E-state index is 0.0149. The first-order valence-corrected chi connectivity index (χ1v) is 12.1. The Morgan fingerprint density at radius 1 is 1.06 bits per heavy atom. The molecule has 0 bridgehead atoms. The fraction of sp³-hybridized carbons (Fsp3) is 0.391. The molecule has 0 spiro atoms. The number of nitrogens with zero attached hydrogens (tertiary/aromatic N) is 2. The number of Topliss-reactive ketones (excluding diaryl/α,β-unsaturated/α-hetero) is 1. The quantitative estimate of drug-likeness (QED) is 0.610. The SMILES string of the molecule is CC(=O)c1cccc(S(=O)(=O)N2CCC(C(=O)Nc3ccc(N(C)C)cc3C(F)(F)F)CC2)c1. The van der Waals surface area contributed by atoms with E-state index in [9.17, 15) is 31.2 Å². The highest BCUT2D eigenvalue weighted by Gasteiger charge is 2.36. The Kier molecular flexibility index (Phi) is 7.37. The zero-order valence-electron chi connectivity index (χ0n) is 19.0. The molecule has 0 unspecified atom stereocenters. The molecule has 1 heterocycles. The van der Waals surface area contributed by atoms with Crippen molar-refractivity contribution in [2.75, 3.05) is 37.4 Å². The van der Waals surface area contributed by atoms with Gasteiger partial charge < -0.3 is 10.2 Å². The highest BCUT2D eigenvalue weighted by atomic mass is 32.2. The van der Waals surface area contributed by atoms with E-state index >= 15 is 0 Å². The third-order valence-corrected chi connectivity index (χ3v) is 7.68. The molecular formula is C23H26F3N3O4S. The van der Waals surface area contributed by atoms with Crippen molar-refractivity contribution < 1.29 is 31.2 Å². The average molecular weight is 498 g/mol. The van der Waals surface area contributed by atoms with Crippen LogP contribution in [0.4, 0.5) is 24.5 Å². The summed E-state index contributed by atoms with van der Waals surface area (Å²) < 4.78 is 67.8. The van der Waals surface area contributed by atoms with Crippen molar-refractivity contribution in [3.05, 3.63) is 53.6 Å². The standard InChI is InChI=1S/C23H26F3N3O4S/c1-15(30)17-5-4-6-19(13-17)34(32,33)29-11-9-16(10-12-29)22(31)27-21-8-7-18(28(2)3)14-20(21)23(24,25)26/h4-8,13-14,16H,9-12H2,1-3H3,(H,27,31). The summed E-state index contributed by atoms with van der Waals surface area (Å²) in [6.45, 7) is 1.42. The van der Waals surface area contributed by atoms with Crippen LogP contribution in [-0.4, -0.2) is 51.6 Å². The molecule has 0 aliphatic carbocycles. The van der Waals surface area contributed by atoms with Gasteiger partial charge >= 0.3 is 6.18 Å². The van der Waals surface area contributed by atoms with E-state index in [1.165, 1.54) is 52.5 Å². The highest BCUT2D eigenvalue weighted by Crippen LogP contribution is 2.37. The number of nitrogens with one attached hydrogen (secondary N) is 1. The molecule has 1 saturated heterocycles. The lowest BCUT2D eigenvalue weighted by atomic mass is 9.97. The van der Waals surface area contributed by atoms with Crippen LogP contribution >= 0.6 is 0 Å². The van der Waals surface area contributed by atoms with Crippen molar-refractivity contribution in [3.8, 4) is 0 Å². The first kappa shape index (κ1) is 25.7. The first-order chi connectivity index (χ1) is 15.8. The summed E-state index contributed by atoms with van der Waals surface area (Å²) in [7, 11) is -0.635. The zero-order chi connectivity index (χ0) is 25.3. The molecule has 7 nitrogen and oxygen atoms in total. The van der Waals surface area contributed by atoms with Crippen LogP contribution in [0.3, 0.4) is 0 Å². The molecule has 2 aromatic carbocycles. The van der Waals surface area contributed by atoms with Gasteiger partial charge in [-0.25, -0.2) is 8.42 Å². The number of piperidine rings is 1. The van der Waals surface area contributed by atoms with Gasteiger partial charge in [0.1, 0.15) is 0 Å². The molecule has 34 heavy (non-hydrogen) atoms. The second-order valence-electron chi connectivity index (χ2n) is 8.37. The largest absolute Gasteiger partial charge is 0.418 e. The second kappa shape index (κ2) is 9.75. The predicted molar refractivity (Wildman–Crippen MR) is 122 cm³/mol. The molecule has 3 rings (SSSR count). The Bertz CT molecular complexity index is 1190. The maximum Gasteiger partial charge on any atom is 0.418 e. The summed E-state index contributed by atoms with van der Waals surface area (Å²) in [4.78, 5) is 25.8. The van der Waals surface area contributed by atoms with E-state index in [1.807, 2.05) is 0 Å². The van der Waals surface area contributed by atoms with Crippen LogP contribution in [-0.2, 0) is 21.0 Å². The van der Waals surface area contributed by atoms with Gasteiger partial charge in [0.2, 0.25) is 15.9 Å². The van der Waals surface area contributed by atoms with Crippen LogP contribution in [0, 0.1) is 5.92 Å². The molecule has 1 aliphatic rings. The van der Waals surface area contributed by atoms with Gasteiger partial charge in [0, 0.05) is 44.4 Å². The Morgan fingerprint density at radius 2 is 1.71 bits per heavy atom. The lowest BCUT2D eigenvalue weighted by Gasteiger charge is -2.31. The van der Waals surface area contributed by atoms with Crippen LogP contribution in [0.5, 0.6) is 0 Å². The lowest BCUT2D eigenvalue weighted by Crippen LogP contribution is -2.41. The number of carbonyl (C=O) groups is 2. The number of ketones is 1. The minimum Gasteiger partial charge on any atom is -0.378 e. The summed E-state index contributed by atoms with van der Waals surface area (Å²) >= 11 is 0. The van der Waals surface area contributed by atoms with Gasteiger partial charge in [-0.05, 0) is 50.1 Å². The Labute approximate surface area is 196 Å². The van der Waals surface area contributed by atoms with Crippen LogP contribution < -0.4 is 10.2 Å². The minimum atomic E-state index is -4.65. The van der Waals surface area contributed by atoms with Gasteiger partial charge in [0.25, 0.3) is 0 Å². The Balaban J connectivity index is 1.71. The highest BCUT2D eigenvalue weighted by molar-refractivity contribution is 7.89. The molecule has 184 valence electrons. The molecule has 1 aliphatic heterocycles. The number of alkyl halides is 3. The maximum absolute atomic E-state index is 13.5. The van der Waals surface area contributed by atoms with Crippen LogP contribution in [0.2, 0.25) is 0 Å². The molecular weight excluding hydrogens is 471 g/mol. The molecule has 11 heteroatoms. The van der Waals surface area contributed by atoms with E-state index < -0.39 is 33.6 Å². The van der Waals surface area contributed by atoms with E-state index in [2.05, 4.69) is 5.32 Å². The van der Waals surface area contributed by atoms with Gasteiger partial charge in [0.15, 0.2) is 5.78 Å². The number of halogens is 3. The summed E-state index contributed by atoms with van der Waals surface area (Å²) in [5, 5.41) is 2.38. The second-order valence-corrected chi connectivity index (χ2v) is 10.3. The molecule has 0 atom stereocenters. The third-order valence-electron chi connectivity index (χ3n) is 5.79. The lowest BCUT2D eigenvalue weighted by molar-refractivity contribution is -0.137. The van der Waals surface area contributed by atoms with Gasteiger partial charge in [0.05, 0.1) is 16.1 Å². The van der Waals surface area contributed by atoms with Gasteiger partial charge in [-0.1, -0.05) is 12.1 Å². The van der Waals surface area contributed by atoms with Crippen LogP contribution in [0.25, 0.3) is 0 Å². The van der Waals surface area contributed by atoms with E-state index in [0.29, 0.717) is 5.69 Å². The predicted octanol–water partition coefficient (Wildman–Crippen LogP) is 4.01. The smallest absolute Gasteiger partial charge is 0.378 e. The van der Waals surface area contributed by atoms with E-state index in [1.54, 1.807) is 14.1 Å². The number of hydrogen-bond donors (Lipinski definition) is 1. The van der Waals surface area contributed by atoms with Crippen molar-refractivity contribution >= 4 is 33.1 Å². The van der Waals surface area contributed by atoms with Crippen molar-refractivity contribution in [1.82, 2.24) is 4.31 Å². The van der Waals surface area contributed by atoms with Gasteiger partial charge in [-0.3, -0.25) is 9.59 Å². The molecule has 0 radical (unpaired) electrons. The fourth-order valence-electron chi connectivity index (χ4n) is 3.77. The van der Waals surface area contributed by atoms with E-state index in [-0.39, 0.29) is 47.9 Å². The molecule has 1 N–H and O–H groups in total. The summed E-state index contributed by atoms with van der Waals surface area (Å²) in [5.41, 5.74) is -0.662. The number of sulfonamides is 1. The van der Waals surface area contributed by atoms with Crippen molar-refractivity contribution in [3.63, 3.8) is 0 Å². The average Bonchev–Trinajstić information content (AvgIpc) is 2.78. The molecule has 1 amide bonds. The number of benzene rings is 2. The maximum atomic E-state index is 13.5. The van der Waals surface area contributed by atoms with E-state index in [0.717, 1.165) is 6.07 Å². The van der Waals surface area contributed by atoms with Crippen LogP contribution in [0.15, 0.2) is 47.4 Å².